The Bertz CT molecular complexity index is 1070. The summed E-state index contributed by atoms with van der Waals surface area (Å²) in [6, 6.07) is 15.3. The zero-order valence-electron chi connectivity index (χ0n) is 16.2. The fourth-order valence-electron chi connectivity index (χ4n) is 5.27. The monoisotopic (exact) mass is 411 g/mol. The highest BCUT2D eigenvalue weighted by Crippen LogP contribution is 2.43. The zero-order chi connectivity index (χ0) is 20.1. The van der Waals surface area contributed by atoms with Crippen molar-refractivity contribution in [3.63, 3.8) is 0 Å². The lowest BCUT2D eigenvalue weighted by Crippen LogP contribution is -2.58. The number of likely N-dealkylation sites (tertiary alicyclic amines) is 1. The Balaban J connectivity index is 1.42. The van der Waals surface area contributed by atoms with Crippen LogP contribution in [-0.4, -0.2) is 38.5 Å². The van der Waals surface area contributed by atoms with Crippen molar-refractivity contribution in [2.75, 3.05) is 18.4 Å². The molecule has 3 aliphatic rings. The lowest BCUT2D eigenvalue weighted by atomic mass is 9.66. The number of rotatable bonds is 1. The Labute approximate surface area is 171 Å². The Kier molecular flexibility index (Phi) is 4.40. The van der Waals surface area contributed by atoms with Gasteiger partial charge in [-0.25, -0.2) is 8.42 Å². The van der Waals surface area contributed by atoms with E-state index in [1.807, 2.05) is 4.90 Å². The van der Waals surface area contributed by atoms with Crippen LogP contribution in [0.1, 0.15) is 36.8 Å². The molecule has 2 atom stereocenters. The molecule has 1 aliphatic carbocycles. The molecule has 7 heteroatoms. The van der Waals surface area contributed by atoms with Gasteiger partial charge in [0.2, 0.25) is 10.0 Å². The van der Waals surface area contributed by atoms with Crippen LogP contribution >= 0.6 is 0 Å². The first-order valence-corrected chi connectivity index (χ1v) is 11.7. The molecule has 0 radical (unpaired) electrons. The number of nitrogens with zero attached hydrogens (tertiary/aromatic N) is 1. The fourth-order valence-corrected chi connectivity index (χ4v) is 6.54. The molecular formula is C22H25N3O3S. The van der Waals surface area contributed by atoms with Crippen LogP contribution in [0, 0.1) is 0 Å². The quantitative estimate of drug-likeness (QED) is 0.756. The number of amides is 1. The summed E-state index contributed by atoms with van der Waals surface area (Å²) in [6.45, 7) is 1.30. The van der Waals surface area contributed by atoms with Gasteiger partial charge >= 0.3 is 0 Å². The summed E-state index contributed by atoms with van der Waals surface area (Å²) in [6.07, 6.45) is 4.31. The van der Waals surface area contributed by atoms with E-state index in [-0.39, 0.29) is 16.2 Å². The van der Waals surface area contributed by atoms with Crippen LogP contribution < -0.4 is 10.0 Å². The predicted molar refractivity (Wildman–Crippen MR) is 111 cm³/mol. The summed E-state index contributed by atoms with van der Waals surface area (Å²) in [4.78, 5) is 15.4. The molecule has 2 aromatic rings. The highest BCUT2D eigenvalue weighted by Gasteiger charge is 2.43. The van der Waals surface area contributed by atoms with Crippen LogP contribution in [0.5, 0.6) is 0 Å². The first-order chi connectivity index (χ1) is 14.0. The van der Waals surface area contributed by atoms with E-state index in [9.17, 15) is 13.2 Å². The van der Waals surface area contributed by atoms with Crippen LogP contribution in [0.2, 0.25) is 0 Å². The van der Waals surface area contributed by atoms with E-state index >= 15 is 0 Å². The Morgan fingerprint density at radius 1 is 1.03 bits per heavy atom. The molecule has 1 spiro atoms. The van der Waals surface area contributed by atoms with Crippen molar-refractivity contribution in [2.24, 2.45) is 0 Å². The largest absolute Gasteiger partial charge is 0.360 e. The minimum Gasteiger partial charge on any atom is -0.360 e. The Hall–Kier alpha value is -2.38. The number of carbonyl (C=O) groups excluding carboxylic acids is 1. The number of piperidine rings is 1. The van der Waals surface area contributed by atoms with Crippen molar-refractivity contribution in [3.8, 4) is 0 Å². The number of para-hydroxylation sites is 1. The van der Waals surface area contributed by atoms with E-state index in [0.717, 1.165) is 32.1 Å². The molecular weight excluding hydrogens is 386 g/mol. The summed E-state index contributed by atoms with van der Waals surface area (Å²) in [5, 5.41) is 3.08. The number of hydrogen-bond acceptors (Lipinski definition) is 4. The molecule has 0 aromatic heterocycles. The minimum absolute atomic E-state index is 0.0196. The number of fused-ring (bicyclic) bond motifs is 3. The summed E-state index contributed by atoms with van der Waals surface area (Å²) >= 11 is 0. The normalized spacial score (nSPS) is 27.6. The van der Waals surface area contributed by atoms with Gasteiger partial charge in [-0.1, -0.05) is 36.4 Å². The van der Waals surface area contributed by atoms with Gasteiger partial charge in [0.25, 0.3) is 5.91 Å². The van der Waals surface area contributed by atoms with Gasteiger partial charge in [0.15, 0.2) is 6.17 Å². The lowest BCUT2D eigenvalue weighted by molar-refractivity contribution is -0.134. The Morgan fingerprint density at radius 3 is 2.69 bits per heavy atom. The molecule has 1 amide bonds. The smallest absolute Gasteiger partial charge is 0.261 e. The molecule has 0 saturated carbocycles. The van der Waals surface area contributed by atoms with Crippen LogP contribution in [0.4, 0.5) is 5.69 Å². The number of benzene rings is 2. The highest BCUT2D eigenvalue weighted by molar-refractivity contribution is 7.89. The van der Waals surface area contributed by atoms with Crippen molar-refractivity contribution >= 4 is 21.6 Å². The summed E-state index contributed by atoms with van der Waals surface area (Å²) in [5.74, 6) is -0.204. The van der Waals surface area contributed by atoms with Gasteiger partial charge in [-0.3, -0.25) is 4.79 Å². The van der Waals surface area contributed by atoms with Gasteiger partial charge in [-0.05, 0) is 55.4 Å². The molecule has 5 rings (SSSR count). The lowest BCUT2D eigenvalue weighted by Gasteiger charge is -2.47. The van der Waals surface area contributed by atoms with Gasteiger partial charge in [0, 0.05) is 18.5 Å². The van der Waals surface area contributed by atoms with Gasteiger partial charge in [-0.15, -0.1) is 0 Å². The van der Waals surface area contributed by atoms with Crippen molar-refractivity contribution in [2.45, 2.75) is 48.6 Å². The zero-order valence-corrected chi connectivity index (χ0v) is 17.0. The maximum Gasteiger partial charge on any atom is 0.261 e. The van der Waals surface area contributed by atoms with Crippen LogP contribution in [-0.2, 0) is 26.7 Å². The highest BCUT2D eigenvalue weighted by atomic mass is 32.2. The molecule has 6 nitrogen and oxygen atoms in total. The van der Waals surface area contributed by atoms with E-state index in [2.05, 4.69) is 34.3 Å². The third-order valence-electron chi connectivity index (χ3n) is 6.58. The third-order valence-corrected chi connectivity index (χ3v) is 8.06. The molecule has 2 aromatic carbocycles. The van der Waals surface area contributed by atoms with Crippen molar-refractivity contribution < 1.29 is 13.2 Å². The molecule has 152 valence electrons. The topological polar surface area (TPSA) is 78.5 Å². The first kappa shape index (κ1) is 18.6. The molecule has 1 fully saturated rings. The standard InChI is InChI=1S/C22H25N3O3S/c26-21(20-23-18-10-3-4-11-19(18)29(27,28)24-20)25-14-6-13-22(15-25)12-5-8-16-7-1-2-9-17(16)22/h1-4,7,9-11,20,23-24H,5-6,8,12-15H2. The van der Waals surface area contributed by atoms with Crippen molar-refractivity contribution in [1.82, 2.24) is 9.62 Å². The van der Waals surface area contributed by atoms with Crippen LogP contribution in [0.25, 0.3) is 0 Å². The predicted octanol–water partition coefficient (Wildman–Crippen LogP) is 2.61. The number of carbonyl (C=O) groups is 1. The molecule has 0 bridgehead atoms. The fraction of sp³-hybridized carbons (Fsp3) is 0.409. The second kappa shape index (κ2) is 6.85. The molecule has 2 N–H and O–H groups in total. The number of sulfonamides is 1. The van der Waals surface area contributed by atoms with Gasteiger partial charge in [0.1, 0.15) is 4.90 Å². The molecule has 2 aliphatic heterocycles. The van der Waals surface area contributed by atoms with E-state index in [1.54, 1.807) is 24.3 Å². The van der Waals surface area contributed by atoms with E-state index in [1.165, 1.54) is 11.1 Å². The van der Waals surface area contributed by atoms with Gasteiger partial charge < -0.3 is 10.2 Å². The second-order valence-corrected chi connectivity index (χ2v) is 10.0. The summed E-state index contributed by atoms with van der Waals surface area (Å²) in [7, 11) is -3.72. The molecule has 2 heterocycles. The van der Waals surface area contributed by atoms with Crippen molar-refractivity contribution in [1.29, 1.82) is 0 Å². The first-order valence-electron chi connectivity index (χ1n) is 10.2. The van der Waals surface area contributed by atoms with E-state index in [0.29, 0.717) is 18.8 Å². The number of anilines is 1. The van der Waals surface area contributed by atoms with E-state index in [4.69, 9.17) is 0 Å². The SMILES string of the molecule is O=C(C1Nc2ccccc2S(=O)(=O)N1)N1CCCC2(CCCc3ccccc32)C1. The summed E-state index contributed by atoms with van der Waals surface area (Å²) < 4.78 is 27.7. The molecule has 1 saturated heterocycles. The Morgan fingerprint density at radius 2 is 1.79 bits per heavy atom. The molecule has 2 unspecified atom stereocenters. The van der Waals surface area contributed by atoms with E-state index < -0.39 is 16.2 Å². The number of aryl methyl sites for hydroxylation is 1. The van der Waals surface area contributed by atoms with Crippen LogP contribution in [0.15, 0.2) is 53.4 Å². The van der Waals surface area contributed by atoms with Crippen molar-refractivity contribution in [3.05, 3.63) is 59.7 Å². The maximum atomic E-state index is 13.3. The maximum absolute atomic E-state index is 13.3. The minimum atomic E-state index is -3.72. The third kappa shape index (κ3) is 3.13. The average Bonchev–Trinajstić information content (AvgIpc) is 2.73. The van der Waals surface area contributed by atoms with Gasteiger partial charge in [0.05, 0.1) is 5.69 Å². The average molecular weight is 412 g/mol. The number of hydrogen-bond donors (Lipinski definition) is 2. The van der Waals surface area contributed by atoms with Crippen LogP contribution in [0.3, 0.4) is 0 Å². The molecule has 29 heavy (non-hydrogen) atoms. The van der Waals surface area contributed by atoms with Gasteiger partial charge in [-0.2, -0.15) is 4.72 Å². The number of nitrogens with one attached hydrogen (secondary N) is 2. The second-order valence-electron chi connectivity index (χ2n) is 8.35. The summed E-state index contributed by atoms with van der Waals surface area (Å²) in [5.41, 5.74) is 3.21.